The molecule has 0 radical (unpaired) electrons. The zero-order valence-corrected chi connectivity index (χ0v) is 12.2. The summed E-state index contributed by atoms with van der Waals surface area (Å²) in [5, 5.41) is 1.71. The molecule has 0 unspecified atom stereocenters. The smallest absolute Gasteiger partial charge is 0.172 e. The third-order valence-corrected chi connectivity index (χ3v) is 3.83. The van der Waals surface area contributed by atoms with E-state index in [1.54, 1.807) is 12.4 Å². The van der Waals surface area contributed by atoms with E-state index in [9.17, 15) is 0 Å². The lowest BCUT2D eigenvalue weighted by Gasteiger charge is -2.00. The first-order chi connectivity index (χ1) is 9.76. The molecule has 0 atom stereocenters. The van der Waals surface area contributed by atoms with Gasteiger partial charge in [0.25, 0.3) is 0 Å². The van der Waals surface area contributed by atoms with Crippen LogP contribution in [-0.4, -0.2) is 26.5 Å². The molecule has 3 aromatic rings. The lowest BCUT2D eigenvalue weighted by Crippen LogP contribution is -1.90. The van der Waals surface area contributed by atoms with Crippen LogP contribution in [0, 0.1) is 0 Å². The van der Waals surface area contributed by atoms with Crippen LogP contribution >= 0.6 is 23.4 Å². The maximum absolute atomic E-state index is 5.98. The summed E-state index contributed by atoms with van der Waals surface area (Å²) in [6, 6.07) is 5.74. The molecule has 20 heavy (non-hydrogen) atoms. The van der Waals surface area contributed by atoms with Crippen LogP contribution in [-0.2, 0) is 0 Å². The molecule has 1 N–H and O–H groups in total. The van der Waals surface area contributed by atoms with E-state index in [4.69, 9.17) is 16.3 Å². The second-order valence-corrected chi connectivity index (χ2v) is 5.24. The molecule has 0 fully saturated rings. The van der Waals surface area contributed by atoms with Gasteiger partial charge in [0.15, 0.2) is 10.3 Å². The van der Waals surface area contributed by atoms with Gasteiger partial charge in [-0.3, -0.25) is 0 Å². The molecule has 2 aromatic heterocycles. The summed E-state index contributed by atoms with van der Waals surface area (Å²) in [6.45, 7) is 2.59. The Balaban J connectivity index is 1.91. The maximum Gasteiger partial charge on any atom is 0.172 e. The number of imidazole rings is 1. The van der Waals surface area contributed by atoms with Gasteiger partial charge in [0.1, 0.15) is 10.8 Å². The summed E-state index contributed by atoms with van der Waals surface area (Å²) in [5.41, 5.74) is 1.79. The molecule has 3 rings (SSSR count). The fourth-order valence-electron chi connectivity index (χ4n) is 1.74. The van der Waals surface area contributed by atoms with Crippen LogP contribution in [0.5, 0.6) is 5.75 Å². The molecule has 0 amide bonds. The van der Waals surface area contributed by atoms with Crippen LogP contribution in [0.15, 0.2) is 40.8 Å². The van der Waals surface area contributed by atoms with Gasteiger partial charge < -0.3 is 9.72 Å². The molecule has 0 spiro atoms. The monoisotopic (exact) mass is 306 g/mol. The fraction of sp³-hybridized carbons (Fsp3) is 0.154. The molecule has 5 nitrogen and oxygen atoms in total. The quantitative estimate of drug-likeness (QED) is 0.798. The molecule has 0 saturated heterocycles. The molecule has 0 aliphatic carbocycles. The molecule has 102 valence electrons. The molecule has 1 aromatic carbocycles. The minimum Gasteiger partial charge on any atom is -0.494 e. The van der Waals surface area contributed by atoms with Crippen molar-refractivity contribution in [2.45, 2.75) is 17.1 Å². The number of nitrogens with one attached hydrogen (secondary N) is 1. The Morgan fingerprint density at radius 2 is 2.15 bits per heavy atom. The van der Waals surface area contributed by atoms with Gasteiger partial charge in [-0.15, -0.1) is 0 Å². The van der Waals surface area contributed by atoms with E-state index in [0.717, 1.165) is 21.9 Å². The Bertz CT molecular complexity index is 746. The number of hydrogen-bond donors (Lipinski definition) is 1. The van der Waals surface area contributed by atoms with Crippen LogP contribution in [0.25, 0.3) is 11.0 Å². The summed E-state index contributed by atoms with van der Waals surface area (Å²) >= 11 is 7.33. The predicted octanol–water partition coefficient (Wildman–Crippen LogP) is 3.56. The van der Waals surface area contributed by atoms with Crippen molar-refractivity contribution < 1.29 is 4.74 Å². The number of aromatic amines is 1. The van der Waals surface area contributed by atoms with Crippen molar-refractivity contribution in [1.82, 2.24) is 19.9 Å². The first-order valence-corrected chi connectivity index (χ1v) is 7.22. The predicted molar refractivity (Wildman–Crippen MR) is 78.4 cm³/mol. The van der Waals surface area contributed by atoms with Gasteiger partial charge in [0.2, 0.25) is 0 Å². The third-order valence-electron chi connectivity index (χ3n) is 2.56. The molecular formula is C13H11ClN4OS. The van der Waals surface area contributed by atoms with Crippen molar-refractivity contribution in [3.63, 3.8) is 0 Å². The number of hydrogen-bond acceptors (Lipinski definition) is 5. The third kappa shape index (κ3) is 2.71. The van der Waals surface area contributed by atoms with Gasteiger partial charge >= 0.3 is 0 Å². The molecule has 0 aliphatic heterocycles. The van der Waals surface area contributed by atoms with Crippen LogP contribution in [0.2, 0.25) is 5.15 Å². The number of H-pyrrole nitrogens is 1. The fourth-order valence-corrected chi connectivity index (χ4v) is 2.70. The summed E-state index contributed by atoms with van der Waals surface area (Å²) in [5.74, 6) is 0.817. The van der Waals surface area contributed by atoms with Crippen LogP contribution in [0.1, 0.15) is 6.92 Å². The molecule has 0 bridgehead atoms. The molecule has 2 heterocycles. The van der Waals surface area contributed by atoms with Gasteiger partial charge in [0.05, 0.1) is 17.6 Å². The van der Waals surface area contributed by atoms with Crippen molar-refractivity contribution in [3.05, 3.63) is 35.7 Å². The number of benzene rings is 1. The van der Waals surface area contributed by atoms with E-state index in [0.29, 0.717) is 16.8 Å². The minimum absolute atomic E-state index is 0.368. The van der Waals surface area contributed by atoms with Crippen molar-refractivity contribution in [3.8, 4) is 5.75 Å². The second-order valence-electron chi connectivity index (χ2n) is 3.91. The Morgan fingerprint density at radius 3 is 2.95 bits per heavy atom. The lowest BCUT2D eigenvalue weighted by molar-refractivity contribution is 0.340. The Hall–Kier alpha value is -1.79. The summed E-state index contributed by atoms with van der Waals surface area (Å²) < 4.78 is 5.46. The van der Waals surface area contributed by atoms with E-state index in [2.05, 4.69) is 19.9 Å². The molecular weight excluding hydrogens is 296 g/mol. The van der Waals surface area contributed by atoms with E-state index >= 15 is 0 Å². The number of ether oxygens (including phenoxy) is 1. The summed E-state index contributed by atoms with van der Waals surface area (Å²) in [6.07, 6.45) is 3.16. The molecule has 0 saturated carbocycles. The largest absolute Gasteiger partial charge is 0.494 e. The number of aromatic nitrogens is 4. The normalized spacial score (nSPS) is 10.9. The zero-order valence-electron chi connectivity index (χ0n) is 10.6. The number of fused-ring (bicyclic) bond motifs is 1. The SMILES string of the molecule is CCOc1ccc2nc(Sc3nccnc3Cl)[nH]c2c1. The highest BCUT2D eigenvalue weighted by Gasteiger charge is 2.09. The topological polar surface area (TPSA) is 63.7 Å². The standard InChI is InChI=1S/C13H11ClN4OS/c1-2-19-8-3-4-9-10(7-8)18-13(17-9)20-12-11(14)15-5-6-16-12/h3-7H,2H2,1H3,(H,17,18). The first kappa shape index (κ1) is 13.2. The lowest BCUT2D eigenvalue weighted by atomic mass is 10.3. The van der Waals surface area contributed by atoms with E-state index in [-0.39, 0.29) is 0 Å². The molecule has 0 aliphatic rings. The van der Waals surface area contributed by atoms with Crippen molar-refractivity contribution in [2.24, 2.45) is 0 Å². The van der Waals surface area contributed by atoms with Crippen molar-refractivity contribution >= 4 is 34.4 Å². The second kappa shape index (κ2) is 5.68. The van der Waals surface area contributed by atoms with Crippen LogP contribution in [0.4, 0.5) is 0 Å². The van der Waals surface area contributed by atoms with Crippen LogP contribution < -0.4 is 4.74 Å². The van der Waals surface area contributed by atoms with E-state index in [1.165, 1.54) is 11.8 Å². The highest BCUT2D eigenvalue weighted by Crippen LogP contribution is 2.30. The summed E-state index contributed by atoms with van der Waals surface area (Å²) in [7, 11) is 0. The highest BCUT2D eigenvalue weighted by atomic mass is 35.5. The van der Waals surface area contributed by atoms with Crippen LogP contribution in [0.3, 0.4) is 0 Å². The number of nitrogens with zero attached hydrogens (tertiary/aromatic N) is 3. The minimum atomic E-state index is 0.368. The Kier molecular flexibility index (Phi) is 3.75. The maximum atomic E-state index is 5.98. The average molecular weight is 307 g/mol. The highest BCUT2D eigenvalue weighted by molar-refractivity contribution is 7.99. The zero-order chi connectivity index (χ0) is 13.9. The van der Waals surface area contributed by atoms with E-state index in [1.807, 2.05) is 25.1 Å². The Morgan fingerprint density at radius 1 is 1.30 bits per heavy atom. The van der Waals surface area contributed by atoms with Crippen molar-refractivity contribution in [2.75, 3.05) is 6.61 Å². The van der Waals surface area contributed by atoms with Gasteiger partial charge in [-0.05, 0) is 30.8 Å². The van der Waals surface area contributed by atoms with Gasteiger partial charge in [-0.25, -0.2) is 15.0 Å². The molecule has 7 heteroatoms. The van der Waals surface area contributed by atoms with Gasteiger partial charge in [-0.2, -0.15) is 0 Å². The van der Waals surface area contributed by atoms with Gasteiger partial charge in [0, 0.05) is 18.5 Å². The summed E-state index contributed by atoms with van der Waals surface area (Å²) in [4.78, 5) is 15.9. The number of halogens is 1. The Labute approximate surface area is 124 Å². The van der Waals surface area contributed by atoms with E-state index < -0.39 is 0 Å². The van der Waals surface area contributed by atoms with Gasteiger partial charge in [-0.1, -0.05) is 11.6 Å². The average Bonchev–Trinajstić information content (AvgIpc) is 2.83. The first-order valence-electron chi connectivity index (χ1n) is 6.03. The van der Waals surface area contributed by atoms with Crippen molar-refractivity contribution in [1.29, 1.82) is 0 Å². The number of rotatable bonds is 4.